The molecule has 0 aromatic rings. The monoisotopic (exact) mass is 420 g/mol. The average Bonchev–Trinajstić information content (AvgIpc) is 3.27. The SMILES string of the molecule is B[C@@H]1[C@H]2C[C@@]2(OC(C)(C)[PH](=C)C(C[PH](=C)CC)[PH](=C)CC)[C@@H](O)[C@@]1(C)O. The zero-order valence-electron chi connectivity index (χ0n) is 17.6. The highest BCUT2D eigenvalue weighted by atomic mass is 31.2. The zero-order chi connectivity index (χ0) is 20.1. The number of rotatable bonds is 9. The molecule has 0 aromatic heterocycles. The molecule has 2 rings (SSSR count). The number of fused-ring (bicyclic) bond motifs is 1. The lowest BCUT2D eigenvalue weighted by Crippen LogP contribution is -2.48. The van der Waals surface area contributed by atoms with E-state index in [-0.39, 0.29) is 17.1 Å². The summed E-state index contributed by atoms with van der Waals surface area (Å²) in [6, 6.07) is 0. The molecule has 4 unspecified atom stereocenters. The number of hydrogen-bond donors (Lipinski definition) is 2. The fourth-order valence-electron chi connectivity index (χ4n) is 4.68. The van der Waals surface area contributed by atoms with Crippen molar-refractivity contribution >= 4 is 49.4 Å². The minimum atomic E-state index is -1.09. The van der Waals surface area contributed by atoms with Crippen molar-refractivity contribution in [1.29, 1.82) is 0 Å². The van der Waals surface area contributed by atoms with Gasteiger partial charge in [-0.1, -0.05) is 21.4 Å². The molecule has 2 aliphatic rings. The Morgan fingerprint density at radius 2 is 1.85 bits per heavy atom. The average molecular weight is 420 g/mol. The number of aliphatic hydroxyl groups is 2. The first-order valence-corrected chi connectivity index (χ1v) is 15.9. The van der Waals surface area contributed by atoms with Gasteiger partial charge in [0.15, 0.2) is 0 Å². The van der Waals surface area contributed by atoms with Gasteiger partial charge in [0.1, 0.15) is 19.6 Å². The van der Waals surface area contributed by atoms with E-state index in [0.717, 1.165) is 12.6 Å². The standard InChI is InChI=1S/C19H40BO3P3/c1-9-24(6)12-14(25(7)10-2)26(8)17(3,4)23-19-11-13(19)15(20)18(5,22)16(19)21/h13-16,21-22,24-26H,6-12,20H2,1-5H3/t13-,14?,15-,16+,18+,19+/m1/s1. The fourth-order valence-corrected chi connectivity index (χ4v) is 14.7. The van der Waals surface area contributed by atoms with Gasteiger partial charge in [0, 0.05) is 0 Å². The van der Waals surface area contributed by atoms with Gasteiger partial charge < -0.3 is 14.9 Å². The molecule has 152 valence electrons. The van der Waals surface area contributed by atoms with Crippen LogP contribution in [0.4, 0.5) is 0 Å². The Labute approximate surface area is 163 Å². The molecule has 0 saturated heterocycles. The summed E-state index contributed by atoms with van der Waals surface area (Å²) < 4.78 is 6.68. The van der Waals surface area contributed by atoms with Crippen LogP contribution in [0.2, 0.25) is 5.82 Å². The molecule has 0 aromatic carbocycles. The summed E-state index contributed by atoms with van der Waals surface area (Å²) in [6.45, 7) is 10.5. The van der Waals surface area contributed by atoms with Crippen molar-refractivity contribution in [2.24, 2.45) is 5.92 Å². The second kappa shape index (κ2) is 7.93. The van der Waals surface area contributed by atoms with Crippen LogP contribution in [0.1, 0.15) is 41.0 Å². The molecule has 2 saturated carbocycles. The van der Waals surface area contributed by atoms with E-state index in [1.165, 1.54) is 12.3 Å². The lowest BCUT2D eigenvalue weighted by atomic mass is 9.73. The van der Waals surface area contributed by atoms with Gasteiger partial charge >= 0.3 is 0 Å². The van der Waals surface area contributed by atoms with Gasteiger partial charge in [0.2, 0.25) is 0 Å². The van der Waals surface area contributed by atoms with Crippen LogP contribution in [-0.2, 0) is 4.74 Å². The largest absolute Gasteiger partial charge is 0.388 e. The molecule has 26 heavy (non-hydrogen) atoms. The molecular weight excluding hydrogens is 380 g/mol. The van der Waals surface area contributed by atoms with Gasteiger partial charge in [-0.15, -0.1) is 34.0 Å². The lowest BCUT2D eigenvalue weighted by molar-refractivity contribution is -0.145. The molecule has 0 spiro atoms. The Kier molecular flexibility index (Phi) is 7.06. The molecule has 2 N–H and O–H groups in total. The van der Waals surface area contributed by atoms with Crippen molar-refractivity contribution in [3.05, 3.63) is 0 Å². The van der Waals surface area contributed by atoms with E-state index in [2.05, 4.69) is 46.6 Å². The highest BCUT2D eigenvalue weighted by Crippen LogP contribution is 2.69. The topological polar surface area (TPSA) is 49.7 Å². The van der Waals surface area contributed by atoms with Gasteiger partial charge in [-0.25, -0.2) is 0 Å². The molecule has 3 nitrogen and oxygen atoms in total. The van der Waals surface area contributed by atoms with Crippen LogP contribution in [0.5, 0.6) is 0 Å². The molecule has 7 heteroatoms. The van der Waals surface area contributed by atoms with Crippen molar-refractivity contribution in [2.75, 3.05) is 18.5 Å². The summed E-state index contributed by atoms with van der Waals surface area (Å²) in [6.07, 6.45) is 17.1. The van der Waals surface area contributed by atoms with E-state index in [9.17, 15) is 10.2 Å². The predicted octanol–water partition coefficient (Wildman–Crippen LogP) is 2.35. The van der Waals surface area contributed by atoms with Gasteiger partial charge in [0.25, 0.3) is 0 Å². The first-order valence-electron chi connectivity index (χ1n) is 9.99. The van der Waals surface area contributed by atoms with Crippen LogP contribution < -0.4 is 0 Å². The van der Waals surface area contributed by atoms with Crippen molar-refractivity contribution < 1.29 is 14.9 Å². The van der Waals surface area contributed by atoms with Crippen molar-refractivity contribution in [3.8, 4) is 0 Å². The maximum Gasteiger partial charge on any atom is 0.111 e. The van der Waals surface area contributed by atoms with Crippen LogP contribution in [0.15, 0.2) is 0 Å². The van der Waals surface area contributed by atoms with Gasteiger partial charge in [-0.3, -0.25) is 0 Å². The lowest BCUT2D eigenvalue weighted by Gasteiger charge is -2.41. The third-order valence-electron chi connectivity index (χ3n) is 7.13. The Bertz CT molecular complexity index is 619. The third kappa shape index (κ3) is 3.94. The van der Waals surface area contributed by atoms with Crippen LogP contribution in [0.25, 0.3) is 0 Å². The van der Waals surface area contributed by atoms with Gasteiger partial charge in [-0.05, 0) is 62.8 Å². The van der Waals surface area contributed by atoms with E-state index in [1.54, 1.807) is 6.92 Å². The normalized spacial score (nSPS) is 41.3. The van der Waals surface area contributed by atoms with E-state index in [4.69, 9.17) is 4.74 Å². The van der Waals surface area contributed by atoms with Crippen molar-refractivity contribution in [3.63, 3.8) is 0 Å². The highest BCUT2D eigenvalue weighted by Gasteiger charge is 2.75. The zero-order valence-corrected chi connectivity index (χ0v) is 20.6. The van der Waals surface area contributed by atoms with Crippen LogP contribution in [0, 0.1) is 5.92 Å². The second-order valence-corrected chi connectivity index (χ2v) is 18.1. The smallest absolute Gasteiger partial charge is 0.111 e. The second-order valence-electron chi connectivity index (χ2n) is 9.19. The molecule has 9 atom stereocenters. The minimum absolute atomic E-state index is 0.0578. The Morgan fingerprint density at radius 1 is 1.27 bits per heavy atom. The van der Waals surface area contributed by atoms with Crippen LogP contribution >= 0.6 is 22.6 Å². The molecule has 0 bridgehead atoms. The van der Waals surface area contributed by atoms with Crippen molar-refractivity contribution in [1.82, 2.24) is 0 Å². The first kappa shape index (κ1) is 23.1. The Balaban J connectivity index is 2.22. The summed E-state index contributed by atoms with van der Waals surface area (Å²) in [5.41, 5.74) is -1.64. The Morgan fingerprint density at radius 3 is 2.27 bits per heavy atom. The summed E-state index contributed by atoms with van der Waals surface area (Å²) in [4.78, 5) is 0. The summed E-state index contributed by atoms with van der Waals surface area (Å²) in [5, 5.41) is 21.7. The molecule has 2 aliphatic carbocycles. The molecule has 2 fully saturated rings. The molecule has 0 aliphatic heterocycles. The fraction of sp³-hybridized carbons (Fsp3) is 0.842. The van der Waals surface area contributed by atoms with E-state index >= 15 is 0 Å². The summed E-state index contributed by atoms with van der Waals surface area (Å²) in [7, 11) is -0.352. The molecule has 0 amide bonds. The molecular formula is C19H40BO3P3. The summed E-state index contributed by atoms with van der Waals surface area (Å²) >= 11 is 0. The van der Waals surface area contributed by atoms with Crippen LogP contribution in [-0.4, -0.2) is 83.5 Å². The van der Waals surface area contributed by atoms with E-state index in [1.807, 2.05) is 7.85 Å². The molecule has 0 radical (unpaired) electrons. The molecule has 0 heterocycles. The number of hydrogen-bond acceptors (Lipinski definition) is 3. The maximum atomic E-state index is 10.8. The van der Waals surface area contributed by atoms with Gasteiger partial charge in [0.05, 0.1) is 10.9 Å². The van der Waals surface area contributed by atoms with Gasteiger partial charge in [-0.2, -0.15) is 0 Å². The third-order valence-corrected chi connectivity index (χ3v) is 17.0. The quantitative estimate of drug-likeness (QED) is 0.445. The minimum Gasteiger partial charge on any atom is -0.388 e. The first-order chi connectivity index (χ1) is 11.8. The maximum absolute atomic E-state index is 10.8. The highest BCUT2D eigenvalue weighted by molar-refractivity contribution is 7.75. The van der Waals surface area contributed by atoms with Crippen molar-refractivity contribution in [2.45, 2.75) is 74.9 Å². The number of ether oxygens (including phenoxy) is 1. The van der Waals surface area contributed by atoms with E-state index in [0.29, 0.717) is 5.40 Å². The van der Waals surface area contributed by atoms with E-state index < -0.39 is 39.9 Å². The predicted molar refractivity (Wildman–Crippen MR) is 131 cm³/mol. The van der Waals surface area contributed by atoms with Crippen LogP contribution in [0.3, 0.4) is 0 Å². The summed E-state index contributed by atoms with van der Waals surface area (Å²) in [5.74, 6) is 0.307. The Hall–Kier alpha value is 0.845. The number of aliphatic hydroxyl groups excluding tert-OH is 1.